The fraction of sp³-hybridized carbons (Fsp3) is 0.727. The molecule has 1 aromatic rings. The Morgan fingerprint density at radius 3 is 2.56 bits per heavy atom. The van der Waals surface area contributed by atoms with Gasteiger partial charge >= 0.3 is 0 Å². The molecule has 1 fully saturated rings. The number of carbonyl (C=O) groups is 1. The lowest BCUT2D eigenvalue weighted by molar-refractivity contribution is -0.131. The number of allylic oxidation sites excluding steroid dienone is 2. The van der Waals surface area contributed by atoms with Crippen molar-refractivity contribution < 1.29 is 4.79 Å². The minimum absolute atomic E-state index is 0.312. The first-order chi connectivity index (χ1) is 12.9. The second-order valence-electron chi connectivity index (χ2n) is 8.88. The van der Waals surface area contributed by atoms with Crippen LogP contribution >= 0.6 is 0 Å². The van der Waals surface area contributed by atoms with E-state index in [4.69, 9.17) is 5.10 Å². The topological polar surface area (TPSA) is 41.4 Å². The predicted molar refractivity (Wildman–Crippen MR) is 109 cm³/mol. The van der Waals surface area contributed by atoms with Crippen LogP contribution in [0.4, 0.5) is 0 Å². The molecule has 27 heavy (non-hydrogen) atoms. The number of aromatic nitrogens is 2. The van der Waals surface area contributed by atoms with E-state index in [9.17, 15) is 4.79 Å². The molecule has 2 aliphatic rings. The Kier molecular flexibility index (Phi) is 6.74. The monoisotopic (exact) mass is 372 g/mol. The molecular formula is C22H36N4O. The molecule has 0 spiro atoms. The van der Waals surface area contributed by atoms with Gasteiger partial charge in [-0.15, -0.1) is 0 Å². The van der Waals surface area contributed by atoms with Gasteiger partial charge in [-0.05, 0) is 70.5 Å². The molecule has 1 atom stereocenters. The van der Waals surface area contributed by atoms with Crippen LogP contribution in [-0.4, -0.2) is 53.2 Å². The number of aryl methyl sites for hydroxylation is 1. The van der Waals surface area contributed by atoms with E-state index in [-0.39, 0.29) is 0 Å². The van der Waals surface area contributed by atoms with Crippen molar-refractivity contribution in [2.24, 2.45) is 18.9 Å². The molecule has 0 saturated heterocycles. The molecule has 5 heteroatoms. The third-order valence-corrected chi connectivity index (χ3v) is 6.25. The maximum atomic E-state index is 12.5. The Morgan fingerprint density at radius 2 is 1.93 bits per heavy atom. The van der Waals surface area contributed by atoms with Crippen molar-refractivity contribution in [1.82, 2.24) is 19.6 Å². The van der Waals surface area contributed by atoms with Gasteiger partial charge in [0.1, 0.15) is 0 Å². The second kappa shape index (κ2) is 9.05. The van der Waals surface area contributed by atoms with E-state index < -0.39 is 0 Å². The van der Waals surface area contributed by atoms with E-state index in [1.165, 1.54) is 37.1 Å². The minimum Gasteiger partial charge on any atom is -0.345 e. The minimum atomic E-state index is 0.312. The molecule has 2 aliphatic carbocycles. The van der Waals surface area contributed by atoms with Crippen LogP contribution in [0, 0.1) is 11.8 Å². The maximum Gasteiger partial charge on any atom is 0.222 e. The second-order valence-corrected chi connectivity index (χ2v) is 8.88. The van der Waals surface area contributed by atoms with Crippen LogP contribution in [0.3, 0.4) is 0 Å². The third-order valence-electron chi connectivity index (χ3n) is 6.25. The zero-order chi connectivity index (χ0) is 19.4. The Morgan fingerprint density at radius 1 is 1.19 bits per heavy atom. The Labute approximate surface area is 164 Å². The molecular weight excluding hydrogens is 336 g/mol. The fourth-order valence-electron chi connectivity index (χ4n) is 4.58. The number of carbonyl (C=O) groups excluding carboxylic acids is 1. The molecule has 1 saturated carbocycles. The summed E-state index contributed by atoms with van der Waals surface area (Å²) < 4.78 is 2.03. The van der Waals surface area contributed by atoms with Crippen LogP contribution in [0.25, 0.3) is 0 Å². The van der Waals surface area contributed by atoms with Crippen LogP contribution in [0.5, 0.6) is 0 Å². The molecule has 150 valence electrons. The highest BCUT2D eigenvalue weighted by Crippen LogP contribution is 2.36. The van der Waals surface area contributed by atoms with Gasteiger partial charge in [-0.1, -0.05) is 12.2 Å². The van der Waals surface area contributed by atoms with Crippen molar-refractivity contribution in [2.45, 2.75) is 57.4 Å². The first-order valence-electron chi connectivity index (χ1n) is 10.5. The van der Waals surface area contributed by atoms with Gasteiger partial charge in [-0.25, -0.2) is 0 Å². The SMILES string of the molecule is CN(C)Cc1cc(C2CCC(CN(C)C(=O)C[C@H]3C=CCC3)CC2)nn1C. The zero-order valence-corrected chi connectivity index (χ0v) is 17.5. The molecule has 0 unspecified atom stereocenters. The number of rotatable bonds is 7. The molecule has 0 aromatic carbocycles. The van der Waals surface area contributed by atoms with Gasteiger partial charge in [0, 0.05) is 39.5 Å². The first-order valence-corrected chi connectivity index (χ1v) is 10.5. The summed E-state index contributed by atoms with van der Waals surface area (Å²) in [4.78, 5) is 16.6. The van der Waals surface area contributed by atoms with E-state index in [1.54, 1.807) is 0 Å². The van der Waals surface area contributed by atoms with Crippen molar-refractivity contribution in [1.29, 1.82) is 0 Å². The number of hydrogen-bond acceptors (Lipinski definition) is 3. The van der Waals surface area contributed by atoms with Crippen molar-refractivity contribution in [3.05, 3.63) is 29.6 Å². The van der Waals surface area contributed by atoms with Gasteiger partial charge in [0.15, 0.2) is 0 Å². The molecule has 3 rings (SSSR count). The molecule has 1 aromatic heterocycles. The normalized spacial score (nSPS) is 25.3. The highest BCUT2D eigenvalue weighted by atomic mass is 16.2. The van der Waals surface area contributed by atoms with Gasteiger partial charge < -0.3 is 9.80 Å². The van der Waals surface area contributed by atoms with Crippen LogP contribution in [0.15, 0.2) is 18.2 Å². The largest absolute Gasteiger partial charge is 0.345 e. The first kappa shape index (κ1) is 20.1. The average Bonchev–Trinajstić information content (AvgIpc) is 3.25. The Hall–Kier alpha value is -1.62. The van der Waals surface area contributed by atoms with Crippen molar-refractivity contribution in [3.8, 4) is 0 Å². The van der Waals surface area contributed by atoms with Crippen LogP contribution < -0.4 is 0 Å². The van der Waals surface area contributed by atoms with Crippen molar-refractivity contribution in [3.63, 3.8) is 0 Å². The van der Waals surface area contributed by atoms with Gasteiger partial charge in [-0.2, -0.15) is 5.10 Å². The summed E-state index contributed by atoms with van der Waals surface area (Å²) in [7, 11) is 8.23. The van der Waals surface area contributed by atoms with Crippen LogP contribution in [-0.2, 0) is 18.4 Å². The summed E-state index contributed by atoms with van der Waals surface area (Å²) in [5, 5.41) is 4.78. The smallest absolute Gasteiger partial charge is 0.222 e. The number of hydrogen-bond donors (Lipinski definition) is 0. The molecule has 0 radical (unpaired) electrons. The number of amides is 1. The lowest BCUT2D eigenvalue weighted by atomic mass is 9.80. The zero-order valence-electron chi connectivity index (χ0n) is 17.5. The van der Waals surface area contributed by atoms with E-state index in [2.05, 4.69) is 37.2 Å². The summed E-state index contributed by atoms with van der Waals surface area (Å²) in [6, 6.07) is 2.29. The summed E-state index contributed by atoms with van der Waals surface area (Å²) in [5.41, 5.74) is 2.54. The molecule has 1 heterocycles. The average molecular weight is 373 g/mol. The van der Waals surface area contributed by atoms with Gasteiger partial charge in [0.05, 0.1) is 11.4 Å². The summed E-state index contributed by atoms with van der Waals surface area (Å²) in [5.74, 6) is 2.00. The lowest BCUT2D eigenvalue weighted by Crippen LogP contribution is -2.34. The van der Waals surface area contributed by atoms with Crippen LogP contribution in [0.2, 0.25) is 0 Å². The summed E-state index contributed by atoms with van der Waals surface area (Å²) in [6.07, 6.45) is 12.2. The molecule has 0 bridgehead atoms. The summed E-state index contributed by atoms with van der Waals surface area (Å²) >= 11 is 0. The maximum absolute atomic E-state index is 12.5. The fourth-order valence-corrected chi connectivity index (χ4v) is 4.58. The molecule has 1 amide bonds. The highest BCUT2D eigenvalue weighted by Gasteiger charge is 2.27. The third kappa shape index (κ3) is 5.44. The van der Waals surface area contributed by atoms with Gasteiger partial charge in [0.25, 0.3) is 0 Å². The van der Waals surface area contributed by atoms with Gasteiger partial charge in [-0.3, -0.25) is 9.48 Å². The van der Waals surface area contributed by atoms with E-state index in [1.807, 2.05) is 23.7 Å². The van der Waals surface area contributed by atoms with Crippen molar-refractivity contribution in [2.75, 3.05) is 27.7 Å². The van der Waals surface area contributed by atoms with Crippen molar-refractivity contribution >= 4 is 5.91 Å². The predicted octanol–water partition coefficient (Wildman–Crippen LogP) is 3.57. The van der Waals surface area contributed by atoms with Crippen LogP contribution in [0.1, 0.15) is 62.3 Å². The Balaban J connectivity index is 1.45. The molecule has 0 aliphatic heterocycles. The standard InChI is InChI=1S/C22H36N4O/c1-24(2)16-20-14-21(23-26(20)4)19-11-9-18(10-12-19)15-25(3)22(27)13-17-7-5-6-8-17/h5,7,14,17-19H,6,8-13,15-16H2,1-4H3/t17-,18?,19?/m0/s1. The quantitative estimate of drug-likeness (QED) is 0.687. The van der Waals surface area contributed by atoms with E-state index >= 15 is 0 Å². The number of nitrogens with zero attached hydrogens (tertiary/aromatic N) is 4. The Bertz CT molecular complexity index is 655. The highest BCUT2D eigenvalue weighted by molar-refractivity contribution is 5.76. The molecule has 5 nitrogen and oxygen atoms in total. The van der Waals surface area contributed by atoms with Gasteiger partial charge in [0.2, 0.25) is 5.91 Å². The van der Waals surface area contributed by atoms with E-state index in [0.717, 1.165) is 25.9 Å². The lowest BCUT2D eigenvalue weighted by Gasteiger charge is -2.31. The molecule has 0 N–H and O–H groups in total. The van der Waals surface area contributed by atoms with E-state index in [0.29, 0.717) is 30.1 Å². The summed E-state index contributed by atoms with van der Waals surface area (Å²) in [6.45, 7) is 1.85.